The standard InChI is InChI=1S/C9H6BrClN2/c10-7-5-8(11)9(12-6-7)13-3-1-2-4-13/h1-6H. The molecule has 0 saturated carbocycles. The van der Waals surface area contributed by atoms with Gasteiger partial charge in [-0.15, -0.1) is 0 Å². The third kappa shape index (κ3) is 1.76. The molecule has 4 heteroatoms. The SMILES string of the molecule is Clc1cc(Br)cnc1-n1cccc1. The highest BCUT2D eigenvalue weighted by Gasteiger charge is 2.02. The maximum Gasteiger partial charge on any atom is 0.155 e. The van der Waals surface area contributed by atoms with Gasteiger partial charge in [0, 0.05) is 23.1 Å². The minimum Gasteiger partial charge on any atom is -0.307 e. The maximum absolute atomic E-state index is 6.01. The highest BCUT2D eigenvalue weighted by atomic mass is 79.9. The first-order valence-electron chi connectivity index (χ1n) is 3.72. The Hall–Kier alpha value is -0.800. The monoisotopic (exact) mass is 256 g/mol. The molecule has 2 heterocycles. The topological polar surface area (TPSA) is 17.8 Å². The van der Waals surface area contributed by atoms with Crippen LogP contribution in [0.15, 0.2) is 41.3 Å². The van der Waals surface area contributed by atoms with Crippen LogP contribution in [0.5, 0.6) is 0 Å². The Balaban J connectivity index is 2.53. The van der Waals surface area contributed by atoms with Crippen LogP contribution in [0.4, 0.5) is 0 Å². The summed E-state index contributed by atoms with van der Waals surface area (Å²) < 4.78 is 2.75. The second-order valence-electron chi connectivity index (χ2n) is 2.55. The van der Waals surface area contributed by atoms with E-state index in [1.165, 1.54) is 0 Å². The summed E-state index contributed by atoms with van der Waals surface area (Å²) in [6, 6.07) is 5.68. The first-order valence-corrected chi connectivity index (χ1v) is 4.89. The fraction of sp³-hybridized carbons (Fsp3) is 0. The van der Waals surface area contributed by atoms with E-state index < -0.39 is 0 Å². The molecule has 0 spiro atoms. The third-order valence-corrected chi connectivity index (χ3v) is 2.35. The van der Waals surface area contributed by atoms with E-state index in [-0.39, 0.29) is 0 Å². The molecule has 0 amide bonds. The lowest BCUT2D eigenvalue weighted by molar-refractivity contribution is 1.01. The van der Waals surface area contributed by atoms with E-state index in [0.29, 0.717) is 5.02 Å². The average molecular weight is 258 g/mol. The molecule has 0 atom stereocenters. The summed E-state index contributed by atoms with van der Waals surface area (Å²) >= 11 is 9.31. The van der Waals surface area contributed by atoms with E-state index in [4.69, 9.17) is 11.6 Å². The van der Waals surface area contributed by atoms with Crippen molar-refractivity contribution in [2.24, 2.45) is 0 Å². The fourth-order valence-electron chi connectivity index (χ4n) is 1.07. The largest absolute Gasteiger partial charge is 0.307 e. The van der Waals surface area contributed by atoms with Crippen LogP contribution in [0.1, 0.15) is 0 Å². The van der Waals surface area contributed by atoms with Crippen molar-refractivity contribution in [1.29, 1.82) is 0 Å². The van der Waals surface area contributed by atoms with Crippen molar-refractivity contribution >= 4 is 27.5 Å². The maximum atomic E-state index is 6.01. The molecule has 2 aromatic rings. The Morgan fingerprint density at radius 2 is 2.00 bits per heavy atom. The minimum atomic E-state index is 0.630. The van der Waals surface area contributed by atoms with E-state index >= 15 is 0 Å². The van der Waals surface area contributed by atoms with Crippen molar-refractivity contribution in [3.05, 3.63) is 46.3 Å². The summed E-state index contributed by atoms with van der Waals surface area (Å²) in [5, 5.41) is 0.630. The highest BCUT2D eigenvalue weighted by Crippen LogP contribution is 2.21. The molecule has 0 N–H and O–H groups in total. The van der Waals surface area contributed by atoms with Gasteiger partial charge in [-0.2, -0.15) is 0 Å². The van der Waals surface area contributed by atoms with Crippen LogP contribution in [0.2, 0.25) is 5.02 Å². The Bertz CT molecular complexity index is 412. The molecule has 0 bridgehead atoms. The van der Waals surface area contributed by atoms with Gasteiger partial charge >= 0.3 is 0 Å². The molecular formula is C9H6BrClN2. The number of pyridine rings is 1. The normalized spacial score (nSPS) is 10.3. The lowest BCUT2D eigenvalue weighted by Crippen LogP contribution is -1.94. The molecule has 0 saturated heterocycles. The lowest BCUT2D eigenvalue weighted by atomic mass is 10.4. The van der Waals surface area contributed by atoms with Gasteiger partial charge in [0.2, 0.25) is 0 Å². The van der Waals surface area contributed by atoms with Crippen molar-refractivity contribution in [3.63, 3.8) is 0 Å². The minimum absolute atomic E-state index is 0.630. The van der Waals surface area contributed by atoms with Crippen LogP contribution >= 0.6 is 27.5 Å². The van der Waals surface area contributed by atoms with Gasteiger partial charge in [-0.1, -0.05) is 11.6 Å². The number of hydrogen-bond acceptors (Lipinski definition) is 1. The first-order chi connectivity index (χ1) is 6.27. The zero-order valence-corrected chi connectivity index (χ0v) is 8.96. The highest BCUT2D eigenvalue weighted by molar-refractivity contribution is 9.10. The Labute approximate surface area is 89.3 Å². The second kappa shape index (κ2) is 3.52. The quantitative estimate of drug-likeness (QED) is 0.766. The predicted octanol–water partition coefficient (Wildman–Crippen LogP) is 3.29. The number of nitrogens with zero attached hydrogens (tertiary/aromatic N) is 2. The molecule has 0 fully saturated rings. The van der Waals surface area contributed by atoms with E-state index in [1.54, 1.807) is 6.20 Å². The molecule has 0 aliphatic carbocycles. The molecule has 0 aliphatic heterocycles. The molecule has 0 aliphatic rings. The molecule has 13 heavy (non-hydrogen) atoms. The number of hydrogen-bond donors (Lipinski definition) is 0. The summed E-state index contributed by atoms with van der Waals surface area (Å²) in [5.74, 6) is 0.745. The van der Waals surface area contributed by atoms with Gasteiger partial charge in [0.25, 0.3) is 0 Å². The van der Waals surface area contributed by atoms with Crippen LogP contribution in [0, 0.1) is 0 Å². The van der Waals surface area contributed by atoms with E-state index in [1.807, 2.05) is 35.2 Å². The van der Waals surface area contributed by atoms with Crippen LogP contribution in [0.3, 0.4) is 0 Å². The number of aromatic nitrogens is 2. The van der Waals surface area contributed by atoms with Crippen molar-refractivity contribution in [3.8, 4) is 5.82 Å². The van der Waals surface area contributed by atoms with Crippen molar-refractivity contribution < 1.29 is 0 Å². The van der Waals surface area contributed by atoms with Crippen LogP contribution in [-0.4, -0.2) is 9.55 Å². The average Bonchev–Trinajstić information content (AvgIpc) is 2.56. The molecule has 2 rings (SSSR count). The molecule has 2 aromatic heterocycles. The summed E-state index contributed by atoms with van der Waals surface area (Å²) in [6.45, 7) is 0. The number of halogens is 2. The van der Waals surface area contributed by atoms with Crippen LogP contribution < -0.4 is 0 Å². The van der Waals surface area contributed by atoms with E-state index in [0.717, 1.165) is 10.3 Å². The molecule has 0 radical (unpaired) electrons. The van der Waals surface area contributed by atoms with Crippen LogP contribution in [-0.2, 0) is 0 Å². The fourth-order valence-corrected chi connectivity index (χ4v) is 1.80. The van der Waals surface area contributed by atoms with Crippen molar-refractivity contribution in [2.45, 2.75) is 0 Å². The van der Waals surface area contributed by atoms with Crippen LogP contribution in [0.25, 0.3) is 5.82 Å². The molecule has 0 unspecified atom stereocenters. The second-order valence-corrected chi connectivity index (χ2v) is 3.87. The van der Waals surface area contributed by atoms with Gasteiger partial charge in [0.1, 0.15) is 0 Å². The molecular weight excluding hydrogens is 251 g/mol. The Kier molecular flexibility index (Phi) is 2.38. The van der Waals surface area contributed by atoms with Gasteiger partial charge in [-0.05, 0) is 34.1 Å². The molecule has 2 nitrogen and oxygen atoms in total. The first kappa shape index (κ1) is 8.78. The molecule has 66 valence electrons. The van der Waals surface area contributed by atoms with E-state index in [9.17, 15) is 0 Å². The van der Waals surface area contributed by atoms with Gasteiger partial charge in [0.15, 0.2) is 5.82 Å². The Morgan fingerprint density at radius 3 is 2.62 bits per heavy atom. The summed E-state index contributed by atoms with van der Waals surface area (Å²) in [4.78, 5) is 4.20. The number of rotatable bonds is 1. The Morgan fingerprint density at radius 1 is 1.31 bits per heavy atom. The summed E-state index contributed by atoms with van der Waals surface area (Å²) in [6.07, 6.45) is 5.53. The van der Waals surface area contributed by atoms with Gasteiger partial charge in [-0.25, -0.2) is 4.98 Å². The molecule has 0 aromatic carbocycles. The lowest BCUT2D eigenvalue weighted by Gasteiger charge is -2.03. The predicted molar refractivity (Wildman–Crippen MR) is 56.3 cm³/mol. The summed E-state index contributed by atoms with van der Waals surface area (Å²) in [7, 11) is 0. The van der Waals surface area contributed by atoms with Gasteiger partial charge in [0.05, 0.1) is 5.02 Å². The van der Waals surface area contributed by atoms with Gasteiger partial charge < -0.3 is 4.57 Å². The third-order valence-electron chi connectivity index (χ3n) is 1.64. The summed E-state index contributed by atoms with van der Waals surface area (Å²) in [5.41, 5.74) is 0. The van der Waals surface area contributed by atoms with Crippen molar-refractivity contribution in [1.82, 2.24) is 9.55 Å². The zero-order chi connectivity index (χ0) is 9.26. The van der Waals surface area contributed by atoms with Crippen molar-refractivity contribution in [2.75, 3.05) is 0 Å². The van der Waals surface area contributed by atoms with E-state index in [2.05, 4.69) is 20.9 Å². The zero-order valence-electron chi connectivity index (χ0n) is 6.61. The van der Waals surface area contributed by atoms with Gasteiger partial charge in [-0.3, -0.25) is 0 Å². The smallest absolute Gasteiger partial charge is 0.155 e.